The molecule has 7 rings (SSSR count). The van der Waals surface area contributed by atoms with Gasteiger partial charge in [-0.2, -0.15) is 0 Å². The van der Waals surface area contributed by atoms with Crippen molar-refractivity contribution in [3.63, 3.8) is 0 Å². The van der Waals surface area contributed by atoms with Crippen molar-refractivity contribution in [3.05, 3.63) is 201 Å². The summed E-state index contributed by atoms with van der Waals surface area (Å²) < 4.78 is 0. The number of phenolic OH excluding ortho intramolecular Hbond substituents is 2. The van der Waals surface area contributed by atoms with E-state index < -0.39 is 211 Å². The van der Waals surface area contributed by atoms with Crippen LogP contribution in [0.4, 0.5) is 0 Å². The molecule has 1 aliphatic heterocycles. The Morgan fingerprint density at radius 1 is 0.469 bits per heavy atom. The minimum Gasteiger partial charge on any atom is -0.508 e. The van der Waals surface area contributed by atoms with Gasteiger partial charge in [0.25, 0.3) is 0 Å². The van der Waals surface area contributed by atoms with Gasteiger partial charge in [-0.05, 0) is 94.5 Å². The quantitative estimate of drug-likeness (QED) is 0.0438. The van der Waals surface area contributed by atoms with Crippen LogP contribution in [0.2, 0.25) is 10.0 Å². The average molecular weight is 1830 g/mol. The third kappa shape index (κ3) is 32.0. The zero-order valence-electron chi connectivity index (χ0n) is 73.2. The third-order valence-corrected chi connectivity index (χ3v) is 23.0. The maximum absolute atomic E-state index is 15.5. The lowest BCUT2D eigenvalue weighted by Gasteiger charge is -2.37. The van der Waals surface area contributed by atoms with Gasteiger partial charge in [-0.25, -0.2) is 0 Å². The van der Waals surface area contributed by atoms with Gasteiger partial charge in [0.1, 0.15) is 78.0 Å². The fourth-order valence-corrected chi connectivity index (χ4v) is 15.7. The molecule has 128 heavy (non-hydrogen) atoms. The van der Waals surface area contributed by atoms with E-state index in [4.69, 9.17) is 28.9 Å². The number of carboxylic acids is 1. The van der Waals surface area contributed by atoms with Gasteiger partial charge in [0.05, 0.1) is 31.8 Å². The van der Waals surface area contributed by atoms with E-state index in [0.29, 0.717) is 40.7 Å². The van der Waals surface area contributed by atoms with Crippen LogP contribution in [0, 0.1) is 11.8 Å². The lowest BCUT2D eigenvalue weighted by Crippen LogP contribution is -2.61. The summed E-state index contributed by atoms with van der Waals surface area (Å²) >= 11 is 13.9. The Labute approximate surface area is 758 Å². The molecule has 37 heteroatoms. The number of nitrogens with zero attached hydrogens (tertiary/aromatic N) is 5. The van der Waals surface area contributed by atoms with Crippen LogP contribution < -0.4 is 53.6 Å². The van der Waals surface area contributed by atoms with Gasteiger partial charge >= 0.3 is 5.97 Å². The number of primary amides is 1. The molecule has 6 aromatic rings. The van der Waals surface area contributed by atoms with Gasteiger partial charge in [-0.3, -0.25) is 76.7 Å². The second kappa shape index (κ2) is 50.1. The van der Waals surface area contributed by atoms with Crippen LogP contribution in [0.25, 0.3) is 0 Å². The van der Waals surface area contributed by atoms with Gasteiger partial charge < -0.3 is 93.4 Å². The summed E-state index contributed by atoms with van der Waals surface area (Å²) in [5.74, 6) is -17.8. The van der Waals surface area contributed by atoms with E-state index >= 15 is 33.6 Å². The zero-order chi connectivity index (χ0) is 94.2. The number of benzene rings is 6. The molecular weight excluding hydrogens is 1710 g/mol. The number of carboxylic acid groups (broad SMARTS) is 1. The Morgan fingerprint density at radius 2 is 0.906 bits per heavy atom. The first-order valence-corrected chi connectivity index (χ1v) is 43.8. The van der Waals surface area contributed by atoms with Gasteiger partial charge in [0.15, 0.2) is 0 Å². The van der Waals surface area contributed by atoms with Crippen molar-refractivity contribution in [1.82, 2.24) is 72.4 Å². The number of carbonyl (C=O) groups is 16. The van der Waals surface area contributed by atoms with E-state index in [0.717, 1.165) is 36.3 Å². The lowest BCUT2D eigenvalue weighted by molar-refractivity contribution is -0.151. The van der Waals surface area contributed by atoms with Crippen LogP contribution in [-0.2, 0) is 115 Å². The first-order valence-electron chi connectivity index (χ1n) is 41.9. The molecule has 11 atom stereocenters. The van der Waals surface area contributed by atoms with Crippen molar-refractivity contribution >= 4 is 130 Å². The maximum atomic E-state index is 15.5. The first-order chi connectivity index (χ1) is 60.7. The number of phenols is 2. The van der Waals surface area contributed by atoms with Gasteiger partial charge in [-0.1, -0.05) is 192 Å². The van der Waals surface area contributed by atoms with Crippen LogP contribution in [-0.4, -0.2) is 267 Å². The van der Waals surface area contributed by atoms with Crippen molar-refractivity contribution in [3.8, 4) is 11.5 Å². The van der Waals surface area contributed by atoms with E-state index in [1.807, 2.05) is 6.92 Å². The standard InChI is InChI=1S/C91H115Cl2N15O19S/c1-11-12-28-72-89(125)105(7)50-77(113)97-68(47-79(115)116)85(121)103-80(54(4)5)91(127)107(9)73(43-56-24-18-14-19-25-56)86(122)101-69(42-59-31-37-63(110)38-32-59)87(123)104(6)49-76(112)96-67(45-60-33-34-61(92)46-64(60)93)84(120)100-66(40-58-29-35-62(109)36-30-58)83(119)99-65(39-53(2)3)82(118)102-71(81(117)95-48-75(94)111)51-128-52-78(114)98-70(41-55-22-16-13-17-23-55)88(124)108(10)74(90(126)106(72)8)44-57-26-20-15-21-27-57/h13-27,29-38,46,53-54,65-74,80,109-110H,11-12,28,39-45,47-52H2,1-10H3,(H2,94,111)(H,95,117)(H,96,112)(H,97,113)(H,98,114)(H,99,119)(H,100,120)(H,101,122)(H,102,118)(H,103,121)(H,115,116)/t65-,66-,67-,68-,69-,70-,71-,72-,73-,74?,80-/m0/s1. The smallest absolute Gasteiger partial charge is 0.305 e. The summed E-state index contributed by atoms with van der Waals surface area (Å²) in [6, 6.07) is 24.0. The summed E-state index contributed by atoms with van der Waals surface area (Å²) in [6.45, 7) is 6.06. The Hall–Kier alpha value is -12.6. The largest absolute Gasteiger partial charge is 0.508 e. The minimum atomic E-state index is -1.91. The Kier molecular flexibility index (Phi) is 40.1. The van der Waals surface area contributed by atoms with E-state index in [1.54, 1.807) is 119 Å². The molecule has 688 valence electrons. The predicted octanol–water partition coefficient (Wildman–Crippen LogP) is 3.15. The minimum absolute atomic E-state index is 0.0258. The Morgan fingerprint density at radius 3 is 1.41 bits per heavy atom. The summed E-state index contributed by atoms with van der Waals surface area (Å²) in [7, 11) is 6.47. The number of halogens is 2. The zero-order valence-corrected chi connectivity index (χ0v) is 75.5. The number of thioether (sulfide) groups is 1. The molecule has 34 nitrogen and oxygen atoms in total. The van der Waals surface area contributed by atoms with Crippen LogP contribution in [0.15, 0.2) is 158 Å². The molecule has 1 saturated heterocycles. The Balaban J connectivity index is 1.34. The van der Waals surface area contributed by atoms with E-state index in [2.05, 4.69) is 47.9 Å². The number of nitrogens with one attached hydrogen (secondary N) is 9. The predicted molar refractivity (Wildman–Crippen MR) is 480 cm³/mol. The van der Waals surface area contributed by atoms with Crippen LogP contribution in [0.5, 0.6) is 11.5 Å². The van der Waals surface area contributed by atoms with Gasteiger partial charge in [0.2, 0.25) is 88.6 Å². The van der Waals surface area contributed by atoms with Crippen molar-refractivity contribution in [2.75, 3.05) is 66.4 Å². The average Bonchev–Trinajstić information content (AvgIpc) is 0.816. The molecule has 0 radical (unpaired) electrons. The van der Waals surface area contributed by atoms with Crippen LogP contribution >= 0.6 is 35.0 Å². The van der Waals surface area contributed by atoms with Gasteiger partial charge in [0, 0.05) is 89.6 Å². The Bertz CT molecular complexity index is 4870. The van der Waals surface area contributed by atoms with E-state index in [1.165, 1.54) is 102 Å². The molecule has 1 fully saturated rings. The summed E-state index contributed by atoms with van der Waals surface area (Å²) in [5.41, 5.74) is 8.12. The number of nitrogens with two attached hydrogens (primary N) is 1. The molecule has 1 aliphatic rings. The van der Waals surface area contributed by atoms with Crippen molar-refractivity contribution < 1.29 is 92.0 Å². The maximum Gasteiger partial charge on any atom is 0.305 e. The fourth-order valence-electron chi connectivity index (χ4n) is 14.3. The third-order valence-electron chi connectivity index (χ3n) is 21.4. The number of aromatic hydroxyl groups is 2. The summed E-state index contributed by atoms with van der Waals surface area (Å²) in [5, 5.41) is 54.8. The van der Waals surface area contributed by atoms with Crippen molar-refractivity contribution in [2.45, 2.75) is 172 Å². The van der Waals surface area contributed by atoms with Crippen molar-refractivity contribution in [1.29, 1.82) is 0 Å². The first kappa shape index (κ1) is 102. The number of likely N-dealkylation sites (N-methyl/N-ethyl adjacent to an activating group) is 5. The van der Waals surface area contributed by atoms with Crippen LogP contribution in [0.3, 0.4) is 0 Å². The monoisotopic (exact) mass is 1820 g/mol. The molecule has 0 aliphatic carbocycles. The molecule has 1 heterocycles. The highest BCUT2D eigenvalue weighted by Gasteiger charge is 2.42. The molecule has 0 saturated carbocycles. The molecule has 0 aromatic heterocycles. The second-order valence-corrected chi connectivity index (χ2v) is 34.3. The van der Waals surface area contributed by atoms with Gasteiger partial charge in [-0.15, -0.1) is 11.8 Å². The molecule has 0 spiro atoms. The highest BCUT2D eigenvalue weighted by molar-refractivity contribution is 8.00. The molecular formula is C91H115Cl2N15O19S. The fraction of sp³-hybridized carbons (Fsp3) is 0.429. The number of amides is 15. The van der Waals surface area contributed by atoms with Crippen LogP contribution in [0.1, 0.15) is 100 Å². The number of carbonyl (C=O) groups excluding carboxylic acids is 15. The molecule has 6 aromatic carbocycles. The summed E-state index contributed by atoms with van der Waals surface area (Å²) in [4.78, 5) is 239. The van der Waals surface area contributed by atoms with E-state index in [9.17, 15) is 58.5 Å². The normalized spacial score (nSPS) is 21.9. The number of unbranched alkanes of at least 4 members (excludes halogenated alkanes) is 1. The highest BCUT2D eigenvalue weighted by atomic mass is 35.5. The molecule has 0 bridgehead atoms. The lowest BCUT2D eigenvalue weighted by atomic mass is 9.98. The number of rotatable bonds is 23. The number of hydrogen-bond donors (Lipinski definition) is 13. The molecule has 15 amide bonds. The number of hydrogen-bond acceptors (Lipinski definition) is 19. The molecule has 14 N–H and O–H groups in total. The molecule has 1 unspecified atom stereocenters. The second-order valence-electron chi connectivity index (χ2n) is 32.4. The topological polar surface area (TPSA) is 484 Å². The van der Waals surface area contributed by atoms with E-state index in [-0.39, 0.29) is 78.0 Å². The van der Waals surface area contributed by atoms with Crippen molar-refractivity contribution in [2.24, 2.45) is 17.6 Å². The number of aliphatic carboxylic acids is 1. The summed E-state index contributed by atoms with van der Waals surface area (Å²) in [6.07, 6.45) is -1.79. The SMILES string of the molecule is CCCC[C@H]1C(=O)N(C)CC(=O)N[C@@H](CC(=O)O)C(=O)N[C@@H](C(C)C)C(=O)N(C)[C@@H](Cc2ccccc2)C(=O)N[C@@H](Cc2ccc(O)cc2)C(=O)N(C)CC(=O)N[C@@H](Cc2ccc(Cl)cc2Cl)C(=O)N[C@@H](Cc2ccc(O)cc2)C(=O)N[C@@H](CC(C)C)C(=O)N[C@H](C(=O)NCC(N)=O)CSCC(=O)N[C@@H](Cc2ccccc2)C(=O)N(C)C(Cc2ccccc2)C(=O)N1C. The highest BCUT2D eigenvalue weighted by Crippen LogP contribution is 2.26.